The zero-order valence-electron chi connectivity index (χ0n) is 8.06. The molecule has 2 nitrogen and oxygen atoms in total. The Morgan fingerprint density at radius 3 is 2.40 bits per heavy atom. The summed E-state index contributed by atoms with van der Waals surface area (Å²) in [4.78, 5) is 0. The largest absolute Gasteiger partial charge is 0.503 e. The third-order valence-corrected chi connectivity index (χ3v) is 2.45. The zero-order chi connectivity index (χ0) is 10.8. The lowest BCUT2D eigenvalue weighted by Crippen LogP contribution is -2.20. The number of aromatic hydroxyl groups is 1. The van der Waals surface area contributed by atoms with Crippen LogP contribution in [0.1, 0.15) is 12.0 Å². The van der Waals surface area contributed by atoms with Gasteiger partial charge in [-0.2, -0.15) is 0 Å². The van der Waals surface area contributed by atoms with Crippen LogP contribution in [0.25, 0.3) is 5.57 Å². The van der Waals surface area contributed by atoms with E-state index in [-0.39, 0.29) is 0 Å². The number of benzene rings is 1. The summed E-state index contributed by atoms with van der Waals surface area (Å²) >= 11 is 0. The minimum atomic E-state index is -0.913. The molecule has 0 radical (unpaired) electrons. The maximum atomic E-state index is 13.1. The molecule has 0 fully saturated rings. The Bertz CT molecular complexity index is 392. The molecule has 1 aliphatic heterocycles. The standard InChI is InChI=1S/C11H11F2NO/c12-9-5-8(6-10(13)11(9)15)7-1-3-14-4-2-7/h1,5-6,14-15H,2-4H2. The van der Waals surface area contributed by atoms with E-state index in [0.29, 0.717) is 12.1 Å². The normalized spacial score (nSPS) is 16.3. The lowest BCUT2D eigenvalue weighted by Gasteiger charge is -2.14. The van der Waals surface area contributed by atoms with Crippen LogP contribution in [-0.2, 0) is 0 Å². The van der Waals surface area contributed by atoms with Crippen LogP contribution >= 0.6 is 0 Å². The maximum Gasteiger partial charge on any atom is 0.187 e. The fourth-order valence-corrected chi connectivity index (χ4v) is 1.64. The smallest absolute Gasteiger partial charge is 0.187 e. The van der Waals surface area contributed by atoms with E-state index in [1.165, 1.54) is 0 Å². The third kappa shape index (κ3) is 1.99. The monoisotopic (exact) mass is 211 g/mol. The molecular formula is C11H11F2NO. The van der Waals surface area contributed by atoms with E-state index < -0.39 is 17.4 Å². The van der Waals surface area contributed by atoms with Crippen LogP contribution in [0.4, 0.5) is 8.78 Å². The first-order valence-electron chi connectivity index (χ1n) is 4.76. The Morgan fingerprint density at radius 1 is 1.20 bits per heavy atom. The van der Waals surface area contributed by atoms with Gasteiger partial charge in [-0.15, -0.1) is 0 Å². The number of rotatable bonds is 1. The van der Waals surface area contributed by atoms with Gasteiger partial charge in [0.05, 0.1) is 0 Å². The molecule has 0 atom stereocenters. The van der Waals surface area contributed by atoms with Crippen molar-refractivity contribution in [2.75, 3.05) is 13.1 Å². The van der Waals surface area contributed by atoms with Gasteiger partial charge in [0.25, 0.3) is 0 Å². The summed E-state index contributed by atoms with van der Waals surface area (Å²) in [6.45, 7) is 1.51. The van der Waals surface area contributed by atoms with Crippen LogP contribution in [-0.4, -0.2) is 18.2 Å². The van der Waals surface area contributed by atoms with Gasteiger partial charge in [-0.1, -0.05) is 6.08 Å². The molecule has 15 heavy (non-hydrogen) atoms. The number of phenolic OH excluding ortho intramolecular Hbond substituents is 1. The van der Waals surface area contributed by atoms with Crippen LogP contribution in [0.2, 0.25) is 0 Å². The van der Waals surface area contributed by atoms with Crippen molar-refractivity contribution in [1.29, 1.82) is 0 Å². The van der Waals surface area contributed by atoms with Crippen LogP contribution in [0, 0.1) is 11.6 Å². The Labute approximate surface area is 86.2 Å². The summed E-state index contributed by atoms with van der Waals surface area (Å²) in [5, 5.41) is 12.1. The van der Waals surface area contributed by atoms with Crippen LogP contribution < -0.4 is 5.32 Å². The Morgan fingerprint density at radius 2 is 1.87 bits per heavy atom. The SMILES string of the molecule is Oc1c(F)cc(C2=CCNCC2)cc1F. The molecule has 0 aromatic heterocycles. The predicted molar refractivity (Wildman–Crippen MR) is 53.5 cm³/mol. The Kier molecular flexibility index (Phi) is 2.68. The summed E-state index contributed by atoms with van der Waals surface area (Å²) < 4.78 is 26.1. The molecule has 0 saturated carbocycles. The Hall–Kier alpha value is -1.42. The lowest BCUT2D eigenvalue weighted by molar-refractivity contribution is 0.396. The number of hydrogen-bond donors (Lipinski definition) is 2. The second-order valence-corrected chi connectivity index (χ2v) is 3.47. The zero-order valence-corrected chi connectivity index (χ0v) is 8.06. The molecule has 2 N–H and O–H groups in total. The van der Waals surface area contributed by atoms with Crippen molar-refractivity contribution in [3.63, 3.8) is 0 Å². The molecule has 1 aromatic carbocycles. The van der Waals surface area contributed by atoms with Crippen molar-refractivity contribution < 1.29 is 13.9 Å². The first-order chi connectivity index (χ1) is 7.18. The molecule has 0 saturated heterocycles. The molecule has 0 spiro atoms. The second kappa shape index (κ2) is 3.98. The first kappa shape index (κ1) is 10.1. The van der Waals surface area contributed by atoms with E-state index in [4.69, 9.17) is 5.11 Å². The first-order valence-corrected chi connectivity index (χ1v) is 4.76. The molecular weight excluding hydrogens is 200 g/mol. The highest BCUT2D eigenvalue weighted by Crippen LogP contribution is 2.27. The summed E-state index contributed by atoms with van der Waals surface area (Å²) in [6, 6.07) is 2.32. The van der Waals surface area contributed by atoms with Crippen LogP contribution in [0.5, 0.6) is 5.75 Å². The van der Waals surface area contributed by atoms with Crippen LogP contribution in [0.15, 0.2) is 18.2 Å². The van der Waals surface area contributed by atoms with E-state index in [2.05, 4.69) is 5.32 Å². The van der Waals surface area contributed by atoms with Gasteiger partial charge in [0.1, 0.15) is 0 Å². The van der Waals surface area contributed by atoms with Gasteiger partial charge in [0, 0.05) is 6.54 Å². The highest BCUT2D eigenvalue weighted by molar-refractivity contribution is 5.67. The van der Waals surface area contributed by atoms with Crippen molar-refractivity contribution in [2.45, 2.75) is 6.42 Å². The lowest BCUT2D eigenvalue weighted by atomic mass is 10.00. The van der Waals surface area contributed by atoms with E-state index in [1.54, 1.807) is 0 Å². The van der Waals surface area contributed by atoms with E-state index in [9.17, 15) is 8.78 Å². The molecule has 80 valence electrons. The van der Waals surface area contributed by atoms with Gasteiger partial charge in [-0.05, 0) is 36.2 Å². The Balaban J connectivity index is 2.40. The minimum Gasteiger partial charge on any atom is -0.503 e. The van der Waals surface area contributed by atoms with Crippen molar-refractivity contribution in [2.24, 2.45) is 0 Å². The number of phenols is 1. The highest BCUT2D eigenvalue weighted by Gasteiger charge is 2.13. The van der Waals surface area contributed by atoms with E-state index in [0.717, 1.165) is 30.7 Å². The van der Waals surface area contributed by atoms with Crippen molar-refractivity contribution in [3.8, 4) is 5.75 Å². The molecule has 0 bridgehead atoms. The minimum absolute atomic E-state index is 0.504. The molecule has 0 amide bonds. The molecule has 0 aliphatic carbocycles. The average molecular weight is 211 g/mol. The number of hydrogen-bond acceptors (Lipinski definition) is 2. The molecule has 2 rings (SSSR count). The number of nitrogens with one attached hydrogen (secondary N) is 1. The quantitative estimate of drug-likeness (QED) is 0.745. The summed E-state index contributed by atoms with van der Waals surface area (Å²) in [5.74, 6) is -2.73. The highest BCUT2D eigenvalue weighted by atomic mass is 19.1. The summed E-state index contributed by atoms with van der Waals surface area (Å²) in [7, 11) is 0. The van der Waals surface area contributed by atoms with Crippen molar-refractivity contribution in [1.82, 2.24) is 5.32 Å². The summed E-state index contributed by atoms with van der Waals surface area (Å²) in [6.07, 6.45) is 2.64. The van der Waals surface area contributed by atoms with Gasteiger partial charge in [-0.25, -0.2) is 8.78 Å². The molecule has 4 heteroatoms. The molecule has 1 aliphatic rings. The number of halogens is 2. The van der Waals surface area contributed by atoms with E-state index in [1.807, 2.05) is 6.08 Å². The van der Waals surface area contributed by atoms with Crippen molar-refractivity contribution in [3.05, 3.63) is 35.4 Å². The van der Waals surface area contributed by atoms with Crippen LogP contribution in [0.3, 0.4) is 0 Å². The van der Waals surface area contributed by atoms with E-state index >= 15 is 0 Å². The van der Waals surface area contributed by atoms with Gasteiger partial charge >= 0.3 is 0 Å². The molecule has 1 aromatic rings. The van der Waals surface area contributed by atoms with Crippen molar-refractivity contribution >= 4 is 5.57 Å². The fourth-order valence-electron chi connectivity index (χ4n) is 1.64. The predicted octanol–water partition coefficient (Wildman–Crippen LogP) is 2.05. The third-order valence-electron chi connectivity index (χ3n) is 2.45. The fraction of sp³-hybridized carbons (Fsp3) is 0.273. The topological polar surface area (TPSA) is 32.3 Å². The van der Waals surface area contributed by atoms with Gasteiger partial charge in [0.2, 0.25) is 0 Å². The average Bonchev–Trinajstić information content (AvgIpc) is 2.26. The van der Waals surface area contributed by atoms with Gasteiger partial charge in [0.15, 0.2) is 17.4 Å². The molecule has 0 unspecified atom stereocenters. The van der Waals surface area contributed by atoms with Gasteiger partial charge in [-0.3, -0.25) is 0 Å². The summed E-state index contributed by atoms with van der Waals surface area (Å²) in [5.41, 5.74) is 1.41. The second-order valence-electron chi connectivity index (χ2n) is 3.47. The maximum absolute atomic E-state index is 13.1. The molecule has 1 heterocycles. The van der Waals surface area contributed by atoms with Gasteiger partial charge < -0.3 is 10.4 Å².